The normalized spacial score (nSPS) is 20.6. The average Bonchev–Trinajstić information content (AvgIpc) is 2.71. The van der Waals surface area contributed by atoms with Crippen LogP contribution in [0.5, 0.6) is 0 Å². The van der Waals surface area contributed by atoms with Gasteiger partial charge >= 0.3 is 0 Å². The van der Waals surface area contributed by atoms with E-state index in [1.165, 1.54) is 0 Å². The van der Waals surface area contributed by atoms with Gasteiger partial charge in [0.05, 0.1) is 0 Å². The monoisotopic (exact) mass is 260 g/mol. The zero-order valence-electron chi connectivity index (χ0n) is 11.8. The molecular formula is C13H20N6. The Hall–Kier alpha value is -1.85. The number of nitrogens with two attached hydrogens (primary N) is 1. The van der Waals surface area contributed by atoms with E-state index < -0.39 is 0 Å². The standard InChI is InChI=1S/C13H20N6/c1-12(2)8(13(12,3)4)6-15-9-5-10-18-16-7-19(10)11(14)17-9/h5,7-8,15H,6H2,1-4H3,(H2,14,17). The van der Waals surface area contributed by atoms with E-state index >= 15 is 0 Å². The molecule has 0 bridgehead atoms. The van der Waals surface area contributed by atoms with Gasteiger partial charge in [0.15, 0.2) is 5.65 Å². The number of fused-ring (bicyclic) bond motifs is 1. The van der Waals surface area contributed by atoms with Gasteiger partial charge in [0.1, 0.15) is 12.1 Å². The molecule has 6 heteroatoms. The van der Waals surface area contributed by atoms with Gasteiger partial charge in [-0.05, 0) is 16.7 Å². The third kappa shape index (κ3) is 1.66. The molecule has 2 aromatic heterocycles. The van der Waals surface area contributed by atoms with E-state index in [0.717, 1.165) is 12.4 Å². The van der Waals surface area contributed by atoms with Gasteiger partial charge in [-0.25, -0.2) is 0 Å². The Morgan fingerprint density at radius 3 is 2.63 bits per heavy atom. The fraction of sp³-hybridized carbons (Fsp3) is 0.615. The third-order valence-electron chi connectivity index (χ3n) is 5.13. The minimum atomic E-state index is 0.366. The van der Waals surface area contributed by atoms with Gasteiger partial charge in [-0.1, -0.05) is 27.7 Å². The third-order valence-corrected chi connectivity index (χ3v) is 5.13. The zero-order chi connectivity index (χ0) is 13.8. The van der Waals surface area contributed by atoms with Crippen molar-refractivity contribution in [3.05, 3.63) is 12.4 Å². The number of nitrogens with one attached hydrogen (secondary N) is 1. The van der Waals surface area contributed by atoms with Gasteiger partial charge in [-0.15, -0.1) is 10.2 Å². The summed E-state index contributed by atoms with van der Waals surface area (Å²) in [5.41, 5.74) is 7.31. The quantitative estimate of drug-likeness (QED) is 0.879. The summed E-state index contributed by atoms with van der Waals surface area (Å²) in [4.78, 5) is 4.32. The summed E-state index contributed by atoms with van der Waals surface area (Å²) in [6.07, 6.45) is 1.56. The van der Waals surface area contributed by atoms with Gasteiger partial charge in [-0.3, -0.25) is 4.40 Å². The number of rotatable bonds is 3. The van der Waals surface area contributed by atoms with Crippen molar-refractivity contribution in [2.45, 2.75) is 27.7 Å². The van der Waals surface area contributed by atoms with Gasteiger partial charge in [-0.2, -0.15) is 4.98 Å². The second-order valence-electron chi connectivity index (χ2n) is 6.44. The Morgan fingerprint density at radius 1 is 1.32 bits per heavy atom. The van der Waals surface area contributed by atoms with Crippen molar-refractivity contribution in [3.63, 3.8) is 0 Å². The van der Waals surface area contributed by atoms with Crippen molar-refractivity contribution in [1.82, 2.24) is 19.6 Å². The smallest absolute Gasteiger partial charge is 0.209 e. The van der Waals surface area contributed by atoms with Gasteiger partial charge < -0.3 is 11.1 Å². The number of nitrogen functional groups attached to an aromatic ring is 1. The molecule has 19 heavy (non-hydrogen) atoms. The largest absolute Gasteiger partial charge is 0.370 e. The minimum Gasteiger partial charge on any atom is -0.370 e. The second-order valence-corrected chi connectivity index (χ2v) is 6.44. The van der Waals surface area contributed by atoms with Crippen LogP contribution < -0.4 is 11.1 Å². The fourth-order valence-corrected chi connectivity index (χ4v) is 2.99. The highest BCUT2D eigenvalue weighted by Gasteiger charge is 2.64. The predicted octanol–water partition coefficient (Wildman–Crippen LogP) is 1.80. The predicted molar refractivity (Wildman–Crippen MR) is 74.7 cm³/mol. The van der Waals surface area contributed by atoms with Crippen LogP contribution in [0.1, 0.15) is 27.7 Å². The molecular weight excluding hydrogens is 240 g/mol. The summed E-state index contributed by atoms with van der Waals surface area (Å²) in [5, 5.41) is 11.2. The van der Waals surface area contributed by atoms with Crippen LogP contribution in [0.3, 0.4) is 0 Å². The number of aromatic nitrogens is 4. The SMILES string of the molecule is CC1(C)C(CNc2cc3nncn3c(N)n2)C1(C)C. The lowest BCUT2D eigenvalue weighted by Gasteiger charge is -2.08. The molecule has 0 atom stereocenters. The molecule has 2 aromatic rings. The molecule has 2 heterocycles. The van der Waals surface area contributed by atoms with Crippen LogP contribution in [0.25, 0.3) is 5.65 Å². The number of hydrogen-bond donors (Lipinski definition) is 2. The first-order valence-electron chi connectivity index (χ1n) is 6.54. The Balaban J connectivity index is 1.76. The van der Waals surface area contributed by atoms with Crippen molar-refractivity contribution in [2.24, 2.45) is 16.7 Å². The van der Waals surface area contributed by atoms with E-state index in [-0.39, 0.29) is 0 Å². The first-order chi connectivity index (χ1) is 8.84. The summed E-state index contributed by atoms with van der Waals surface area (Å²) in [6, 6.07) is 1.87. The van der Waals surface area contributed by atoms with Gasteiger partial charge in [0.25, 0.3) is 0 Å². The van der Waals surface area contributed by atoms with Crippen LogP contribution in [0.15, 0.2) is 12.4 Å². The molecule has 3 N–H and O–H groups in total. The second kappa shape index (κ2) is 3.59. The summed E-state index contributed by atoms with van der Waals surface area (Å²) in [6.45, 7) is 10.1. The lowest BCUT2D eigenvalue weighted by molar-refractivity contribution is 0.457. The molecule has 1 saturated carbocycles. The fourth-order valence-electron chi connectivity index (χ4n) is 2.99. The lowest BCUT2D eigenvalue weighted by Crippen LogP contribution is -2.11. The highest BCUT2D eigenvalue weighted by Crippen LogP contribution is 2.68. The molecule has 102 valence electrons. The van der Waals surface area contributed by atoms with Crippen molar-refractivity contribution in [1.29, 1.82) is 0 Å². The van der Waals surface area contributed by atoms with Crippen LogP contribution in [0.2, 0.25) is 0 Å². The van der Waals surface area contributed by atoms with E-state index in [4.69, 9.17) is 5.73 Å². The molecule has 1 aliphatic rings. The van der Waals surface area contributed by atoms with E-state index in [2.05, 4.69) is 48.2 Å². The van der Waals surface area contributed by atoms with Crippen molar-refractivity contribution in [3.8, 4) is 0 Å². The Bertz CT molecular complexity index is 613. The number of hydrogen-bond acceptors (Lipinski definition) is 5. The first-order valence-corrected chi connectivity index (χ1v) is 6.54. The van der Waals surface area contributed by atoms with Crippen molar-refractivity contribution < 1.29 is 0 Å². The molecule has 0 aromatic carbocycles. The highest BCUT2D eigenvalue weighted by atomic mass is 15.3. The zero-order valence-corrected chi connectivity index (χ0v) is 11.8. The van der Waals surface area contributed by atoms with Crippen LogP contribution >= 0.6 is 0 Å². The molecule has 6 nitrogen and oxygen atoms in total. The van der Waals surface area contributed by atoms with Gasteiger partial charge in [0, 0.05) is 12.6 Å². The average molecular weight is 260 g/mol. The molecule has 0 aliphatic heterocycles. The summed E-state index contributed by atoms with van der Waals surface area (Å²) in [7, 11) is 0. The number of anilines is 2. The summed E-state index contributed by atoms with van der Waals surface area (Å²) < 4.78 is 1.66. The van der Waals surface area contributed by atoms with Crippen LogP contribution in [0, 0.1) is 16.7 Å². The molecule has 0 amide bonds. The first kappa shape index (κ1) is 12.2. The minimum absolute atomic E-state index is 0.366. The van der Waals surface area contributed by atoms with E-state index in [0.29, 0.717) is 28.3 Å². The molecule has 3 rings (SSSR count). The lowest BCUT2D eigenvalue weighted by atomic mass is 10.0. The van der Waals surface area contributed by atoms with E-state index in [9.17, 15) is 0 Å². The highest BCUT2D eigenvalue weighted by molar-refractivity contribution is 5.53. The topological polar surface area (TPSA) is 81.1 Å². The van der Waals surface area contributed by atoms with Crippen LogP contribution in [0.4, 0.5) is 11.8 Å². The Labute approximate surface area is 112 Å². The maximum Gasteiger partial charge on any atom is 0.209 e. The maximum absolute atomic E-state index is 5.86. The van der Waals surface area contributed by atoms with Crippen molar-refractivity contribution in [2.75, 3.05) is 17.6 Å². The van der Waals surface area contributed by atoms with Gasteiger partial charge in [0.2, 0.25) is 5.95 Å². The van der Waals surface area contributed by atoms with Crippen LogP contribution in [-0.4, -0.2) is 26.1 Å². The molecule has 1 fully saturated rings. The van der Waals surface area contributed by atoms with E-state index in [1.807, 2.05) is 6.07 Å². The molecule has 0 radical (unpaired) electrons. The summed E-state index contributed by atoms with van der Waals surface area (Å²) in [5.74, 6) is 1.80. The Kier molecular flexibility index (Phi) is 2.30. The summed E-state index contributed by atoms with van der Waals surface area (Å²) >= 11 is 0. The van der Waals surface area contributed by atoms with Crippen molar-refractivity contribution >= 4 is 17.4 Å². The molecule has 0 unspecified atom stereocenters. The van der Waals surface area contributed by atoms with E-state index in [1.54, 1.807) is 10.7 Å². The molecule has 1 aliphatic carbocycles. The maximum atomic E-state index is 5.86. The van der Waals surface area contributed by atoms with Crippen LogP contribution in [-0.2, 0) is 0 Å². The Morgan fingerprint density at radius 2 is 2.00 bits per heavy atom. The number of nitrogens with zero attached hydrogens (tertiary/aromatic N) is 4. The molecule has 0 saturated heterocycles. The molecule has 0 spiro atoms.